The number of fused-ring (bicyclic) bond motifs is 2. The number of hydroxylamine groups is 1. The highest BCUT2D eigenvalue weighted by Crippen LogP contribution is 2.33. The molecule has 0 saturated heterocycles. The van der Waals surface area contributed by atoms with Gasteiger partial charge in [-0.15, -0.1) is 0 Å². The van der Waals surface area contributed by atoms with Crippen LogP contribution in [0.1, 0.15) is 25.7 Å². The van der Waals surface area contributed by atoms with Crippen molar-refractivity contribution in [1.29, 1.82) is 0 Å². The van der Waals surface area contributed by atoms with Gasteiger partial charge in [0, 0.05) is 54.7 Å². The number of para-hydroxylation sites is 2. The van der Waals surface area contributed by atoms with Crippen molar-refractivity contribution < 1.29 is 4.84 Å². The number of anilines is 4. The van der Waals surface area contributed by atoms with Crippen molar-refractivity contribution in [2.24, 2.45) is 11.8 Å². The summed E-state index contributed by atoms with van der Waals surface area (Å²) in [5.74, 6) is 3.59. The molecule has 0 bridgehead atoms. The molecule has 3 N–H and O–H groups in total. The van der Waals surface area contributed by atoms with E-state index < -0.39 is 0 Å². The Hall–Kier alpha value is -4.36. The van der Waals surface area contributed by atoms with Crippen molar-refractivity contribution in [2.75, 3.05) is 42.7 Å². The minimum absolute atomic E-state index is 0.607. The van der Waals surface area contributed by atoms with Crippen molar-refractivity contribution in [1.82, 2.24) is 15.4 Å². The molecule has 210 valence electrons. The number of nitrogens with zero attached hydrogens (tertiary/aromatic N) is 3. The zero-order valence-electron chi connectivity index (χ0n) is 23.8. The average Bonchev–Trinajstić information content (AvgIpc) is 3.01. The lowest BCUT2D eigenvalue weighted by atomic mass is 9.82. The number of hydrogen-bond acceptors (Lipinski definition) is 7. The maximum absolute atomic E-state index is 6.07. The highest BCUT2D eigenvalue weighted by molar-refractivity contribution is 5.98. The highest BCUT2D eigenvalue weighted by Gasteiger charge is 2.22. The Balaban J connectivity index is 1.01. The summed E-state index contributed by atoms with van der Waals surface area (Å²) in [6.45, 7) is 1.73. The van der Waals surface area contributed by atoms with E-state index in [1.165, 1.54) is 36.8 Å². The molecule has 0 spiro atoms. The second-order valence-corrected chi connectivity index (χ2v) is 11.1. The third-order valence-electron chi connectivity index (χ3n) is 8.05. The van der Waals surface area contributed by atoms with E-state index in [0.29, 0.717) is 17.8 Å². The van der Waals surface area contributed by atoms with Crippen LogP contribution in [0.25, 0.3) is 21.7 Å². The number of hydrogen-bond donors (Lipinski definition) is 3. The third-order valence-corrected chi connectivity index (χ3v) is 8.05. The van der Waals surface area contributed by atoms with Crippen LogP contribution in [0, 0.1) is 11.8 Å². The Bertz CT molecular complexity index is 1600. The fraction of sp³-hybridized carbons (Fsp3) is 0.294. The molecule has 1 heterocycles. The van der Waals surface area contributed by atoms with Crippen LogP contribution < -0.4 is 25.9 Å². The molecule has 1 saturated carbocycles. The van der Waals surface area contributed by atoms with E-state index in [0.717, 1.165) is 46.6 Å². The smallest absolute Gasteiger partial charge is 0.225 e. The molecule has 0 unspecified atom stereocenters. The van der Waals surface area contributed by atoms with Gasteiger partial charge in [0.1, 0.15) is 5.82 Å². The molecule has 1 aromatic heterocycles. The normalized spacial score (nSPS) is 16.9. The number of rotatable bonds is 10. The van der Waals surface area contributed by atoms with E-state index in [4.69, 9.17) is 14.8 Å². The molecule has 1 aliphatic carbocycles. The lowest BCUT2D eigenvalue weighted by Crippen LogP contribution is -2.30. The zero-order valence-corrected chi connectivity index (χ0v) is 23.8. The van der Waals surface area contributed by atoms with Gasteiger partial charge in [-0.05, 0) is 73.9 Å². The second kappa shape index (κ2) is 12.4. The molecule has 5 aromatic rings. The maximum atomic E-state index is 6.07. The second-order valence-electron chi connectivity index (χ2n) is 11.1. The number of nitrogens with one attached hydrogen (secondary N) is 3. The average molecular weight is 547 g/mol. The van der Waals surface area contributed by atoms with Crippen molar-refractivity contribution in [3.05, 3.63) is 91.0 Å². The lowest BCUT2D eigenvalue weighted by Gasteiger charge is -2.28. The Morgan fingerprint density at radius 3 is 2.20 bits per heavy atom. The van der Waals surface area contributed by atoms with Gasteiger partial charge in [-0.3, -0.25) is 0 Å². The fourth-order valence-electron chi connectivity index (χ4n) is 5.77. The molecule has 7 nitrogen and oxygen atoms in total. The maximum Gasteiger partial charge on any atom is 0.225 e. The summed E-state index contributed by atoms with van der Waals surface area (Å²) in [5.41, 5.74) is 6.41. The van der Waals surface area contributed by atoms with Crippen LogP contribution in [0.5, 0.6) is 5.75 Å². The molecular weight excluding hydrogens is 508 g/mol. The predicted octanol–water partition coefficient (Wildman–Crippen LogP) is 7.39. The van der Waals surface area contributed by atoms with Gasteiger partial charge in [0.2, 0.25) is 5.95 Å². The van der Waals surface area contributed by atoms with Gasteiger partial charge >= 0.3 is 0 Å². The summed E-state index contributed by atoms with van der Waals surface area (Å²) in [4.78, 5) is 17.8. The van der Waals surface area contributed by atoms with Crippen LogP contribution in [0.3, 0.4) is 0 Å². The fourth-order valence-corrected chi connectivity index (χ4v) is 5.77. The Kier molecular flexibility index (Phi) is 8.14. The molecule has 0 atom stereocenters. The summed E-state index contributed by atoms with van der Waals surface area (Å²) in [6, 6.07) is 30.9. The van der Waals surface area contributed by atoms with Crippen LogP contribution in [0.15, 0.2) is 91.0 Å². The lowest BCUT2D eigenvalue weighted by molar-refractivity contribution is 0.157. The van der Waals surface area contributed by atoms with Crippen molar-refractivity contribution >= 4 is 44.8 Å². The van der Waals surface area contributed by atoms with Crippen molar-refractivity contribution in [3.8, 4) is 5.75 Å². The largest absolute Gasteiger partial charge is 0.408 e. The number of aromatic nitrogens is 2. The predicted molar refractivity (Wildman–Crippen MR) is 170 cm³/mol. The standard InChI is InChI=1S/C34H38N6O/c1-40(2)31-16-8-14-28-27(31)13-9-17-32(28)41-36-23-25-20-18-24(19-21-25)22-35-34-38-30-15-7-6-12-29(30)33(39-34)37-26-10-4-3-5-11-26/h3-17,24-25,36H,18-23H2,1-2H3,(H2,35,37,38,39). The van der Waals surface area contributed by atoms with Gasteiger partial charge in [-0.25, -0.2) is 4.98 Å². The molecular formula is C34H38N6O. The quantitative estimate of drug-likeness (QED) is 0.158. The van der Waals surface area contributed by atoms with Gasteiger partial charge in [0.05, 0.1) is 5.52 Å². The summed E-state index contributed by atoms with van der Waals surface area (Å²) in [5, 5.41) is 10.3. The Morgan fingerprint density at radius 2 is 1.39 bits per heavy atom. The van der Waals surface area contributed by atoms with E-state index in [1.54, 1.807) is 0 Å². The topological polar surface area (TPSA) is 74.3 Å². The first-order chi connectivity index (χ1) is 20.1. The van der Waals surface area contributed by atoms with Gasteiger partial charge in [-0.1, -0.05) is 54.6 Å². The van der Waals surface area contributed by atoms with Gasteiger partial charge in [0.25, 0.3) is 0 Å². The molecule has 1 fully saturated rings. The van der Waals surface area contributed by atoms with Crippen LogP contribution in [-0.4, -0.2) is 37.2 Å². The van der Waals surface area contributed by atoms with Crippen molar-refractivity contribution in [3.63, 3.8) is 0 Å². The molecule has 0 amide bonds. The monoisotopic (exact) mass is 546 g/mol. The van der Waals surface area contributed by atoms with E-state index in [2.05, 4.69) is 71.5 Å². The van der Waals surface area contributed by atoms with E-state index >= 15 is 0 Å². The first-order valence-electron chi connectivity index (χ1n) is 14.6. The summed E-state index contributed by atoms with van der Waals surface area (Å²) in [6.07, 6.45) is 4.73. The third kappa shape index (κ3) is 6.36. The minimum atomic E-state index is 0.607. The summed E-state index contributed by atoms with van der Waals surface area (Å²) >= 11 is 0. The van der Waals surface area contributed by atoms with Gasteiger partial charge in [0.15, 0.2) is 5.75 Å². The van der Waals surface area contributed by atoms with E-state index in [1.807, 2.05) is 54.6 Å². The number of benzene rings is 4. The van der Waals surface area contributed by atoms with E-state index in [9.17, 15) is 0 Å². The molecule has 6 rings (SSSR count). The van der Waals surface area contributed by atoms with Crippen LogP contribution in [0.4, 0.5) is 23.1 Å². The molecule has 0 aliphatic heterocycles. The van der Waals surface area contributed by atoms with Gasteiger partial charge < -0.3 is 20.4 Å². The summed E-state index contributed by atoms with van der Waals surface area (Å²) in [7, 11) is 4.14. The molecule has 4 aromatic carbocycles. The first-order valence-corrected chi connectivity index (χ1v) is 14.6. The van der Waals surface area contributed by atoms with E-state index in [-0.39, 0.29) is 0 Å². The molecule has 41 heavy (non-hydrogen) atoms. The van der Waals surface area contributed by atoms with Gasteiger partial charge in [-0.2, -0.15) is 10.5 Å². The van der Waals surface area contributed by atoms with Crippen molar-refractivity contribution in [2.45, 2.75) is 25.7 Å². The Labute approximate surface area is 241 Å². The SMILES string of the molecule is CN(C)c1cccc2c(ONCC3CCC(CNc4nc(Nc5ccccc5)c5ccccc5n4)CC3)cccc12. The summed E-state index contributed by atoms with van der Waals surface area (Å²) < 4.78 is 0. The highest BCUT2D eigenvalue weighted by atomic mass is 16.6. The minimum Gasteiger partial charge on any atom is -0.408 e. The van der Waals surface area contributed by atoms with Crippen LogP contribution >= 0.6 is 0 Å². The first kappa shape index (κ1) is 26.8. The molecule has 7 heteroatoms. The van der Waals surface area contributed by atoms with Crippen LogP contribution in [0.2, 0.25) is 0 Å². The molecule has 1 aliphatic rings. The zero-order chi connectivity index (χ0) is 28.0. The molecule has 0 radical (unpaired) electrons. The Morgan fingerprint density at radius 1 is 0.707 bits per heavy atom. The van der Waals surface area contributed by atoms with Crippen LogP contribution in [-0.2, 0) is 0 Å².